The SMILES string of the molecule is Cc1ccc(-c2cc(C(=O)N3CCOCC3C(=O)O)on2)cc1. The van der Waals surface area contributed by atoms with Gasteiger partial charge in [-0.3, -0.25) is 4.79 Å². The standard InChI is InChI=1S/C16H16N2O5/c1-10-2-4-11(5-3-10)12-8-14(23-17-12)15(19)18-6-7-22-9-13(18)16(20)21/h2-5,8,13H,6-7,9H2,1H3,(H,20,21). The second-order valence-corrected chi connectivity index (χ2v) is 5.37. The normalized spacial score (nSPS) is 18.0. The second kappa shape index (κ2) is 6.21. The lowest BCUT2D eigenvalue weighted by atomic mass is 10.1. The number of carbonyl (C=O) groups excluding carboxylic acids is 1. The Balaban J connectivity index is 1.83. The van der Waals surface area contributed by atoms with Crippen LogP contribution in [0, 0.1) is 6.92 Å². The molecular formula is C16H16N2O5. The Morgan fingerprint density at radius 2 is 2.04 bits per heavy atom. The molecule has 1 aliphatic heterocycles. The van der Waals surface area contributed by atoms with Crippen LogP contribution in [0.1, 0.15) is 16.1 Å². The molecule has 0 bridgehead atoms. The average molecular weight is 316 g/mol. The number of morpholine rings is 1. The van der Waals surface area contributed by atoms with E-state index in [1.54, 1.807) is 0 Å². The number of hydrogen-bond donors (Lipinski definition) is 1. The molecule has 3 rings (SSSR count). The zero-order chi connectivity index (χ0) is 16.4. The molecule has 7 nitrogen and oxygen atoms in total. The molecule has 0 aliphatic carbocycles. The van der Waals surface area contributed by atoms with E-state index in [1.165, 1.54) is 11.0 Å². The van der Waals surface area contributed by atoms with Crippen LogP contribution in [0.4, 0.5) is 0 Å². The molecule has 120 valence electrons. The number of ether oxygens (including phenoxy) is 1. The fourth-order valence-electron chi connectivity index (χ4n) is 2.43. The number of aromatic nitrogens is 1. The lowest BCUT2D eigenvalue weighted by Crippen LogP contribution is -2.52. The van der Waals surface area contributed by atoms with Crippen LogP contribution < -0.4 is 0 Å². The summed E-state index contributed by atoms with van der Waals surface area (Å²) < 4.78 is 10.2. The van der Waals surface area contributed by atoms with E-state index < -0.39 is 17.9 Å². The zero-order valence-corrected chi connectivity index (χ0v) is 12.6. The van der Waals surface area contributed by atoms with E-state index in [1.807, 2.05) is 31.2 Å². The van der Waals surface area contributed by atoms with Gasteiger partial charge >= 0.3 is 5.97 Å². The topological polar surface area (TPSA) is 92.9 Å². The second-order valence-electron chi connectivity index (χ2n) is 5.37. The summed E-state index contributed by atoms with van der Waals surface area (Å²) in [5.74, 6) is -1.57. The first-order valence-electron chi connectivity index (χ1n) is 7.21. The monoisotopic (exact) mass is 316 g/mol. The van der Waals surface area contributed by atoms with Crippen molar-refractivity contribution in [3.05, 3.63) is 41.7 Å². The van der Waals surface area contributed by atoms with Gasteiger partial charge in [0.15, 0.2) is 6.04 Å². The Morgan fingerprint density at radius 1 is 1.30 bits per heavy atom. The van der Waals surface area contributed by atoms with Crippen LogP contribution >= 0.6 is 0 Å². The van der Waals surface area contributed by atoms with E-state index in [2.05, 4.69) is 5.16 Å². The maximum Gasteiger partial charge on any atom is 0.328 e. The molecular weight excluding hydrogens is 300 g/mol. The highest BCUT2D eigenvalue weighted by atomic mass is 16.5. The van der Waals surface area contributed by atoms with Gasteiger partial charge in [0.1, 0.15) is 5.69 Å². The molecule has 23 heavy (non-hydrogen) atoms. The lowest BCUT2D eigenvalue weighted by molar-refractivity contribution is -0.147. The maximum absolute atomic E-state index is 12.5. The van der Waals surface area contributed by atoms with Gasteiger partial charge in [-0.2, -0.15) is 0 Å². The molecule has 1 saturated heterocycles. The third-order valence-electron chi connectivity index (χ3n) is 3.74. The smallest absolute Gasteiger partial charge is 0.328 e. The number of carboxylic acids is 1. The van der Waals surface area contributed by atoms with Gasteiger partial charge in [-0.1, -0.05) is 35.0 Å². The van der Waals surface area contributed by atoms with Gasteiger partial charge in [-0.25, -0.2) is 4.79 Å². The Morgan fingerprint density at radius 3 is 2.74 bits per heavy atom. The number of hydrogen-bond acceptors (Lipinski definition) is 5. The van der Waals surface area contributed by atoms with Gasteiger partial charge in [0, 0.05) is 18.2 Å². The predicted molar refractivity (Wildman–Crippen MR) is 80.0 cm³/mol. The number of aryl methyl sites for hydroxylation is 1. The van der Waals surface area contributed by atoms with Crippen LogP contribution in [0.25, 0.3) is 11.3 Å². The van der Waals surface area contributed by atoms with Gasteiger partial charge in [-0.15, -0.1) is 0 Å². The summed E-state index contributed by atoms with van der Waals surface area (Å²) in [7, 11) is 0. The van der Waals surface area contributed by atoms with E-state index in [9.17, 15) is 14.7 Å². The van der Waals surface area contributed by atoms with Crippen molar-refractivity contribution in [2.45, 2.75) is 13.0 Å². The van der Waals surface area contributed by atoms with Crippen molar-refractivity contribution in [1.29, 1.82) is 0 Å². The van der Waals surface area contributed by atoms with Crippen molar-refractivity contribution in [1.82, 2.24) is 10.1 Å². The van der Waals surface area contributed by atoms with Gasteiger partial charge in [0.25, 0.3) is 5.91 Å². The highest BCUT2D eigenvalue weighted by Gasteiger charge is 2.34. The summed E-state index contributed by atoms with van der Waals surface area (Å²) in [6, 6.07) is 8.17. The van der Waals surface area contributed by atoms with Crippen LogP contribution in [0.2, 0.25) is 0 Å². The van der Waals surface area contributed by atoms with Crippen molar-refractivity contribution in [2.75, 3.05) is 19.8 Å². The van der Waals surface area contributed by atoms with Crippen LogP contribution in [-0.4, -0.2) is 52.8 Å². The number of carbonyl (C=O) groups is 2. The molecule has 7 heteroatoms. The Kier molecular flexibility index (Phi) is 4.12. The van der Waals surface area contributed by atoms with Crippen LogP contribution in [0.3, 0.4) is 0 Å². The van der Waals surface area contributed by atoms with E-state index in [4.69, 9.17) is 9.26 Å². The molecule has 1 N–H and O–H groups in total. The summed E-state index contributed by atoms with van der Waals surface area (Å²) in [6.45, 7) is 2.46. The van der Waals surface area contributed by atoms with Crippen molar-refractivity contribution in [3.63, 3.8) is 0 Å². The largest absolute Gasteiger partial charge is 0.480 e. The summed E-state index contributed by atoms with van der Waals surface area (Å²) >= 11 is 0. The van der Waals surface area contributed by atoms with Crippen LogP contribution in [0.15, 0.2) is 34.9 Å². The highest BCUT2D eigenvalue weighted by molar-refractivity contribution is 5.95. The Bertz CT molecular complexity index is 722. The number of nitrogens with zero attached hydrogens (tertiary/aromatic N) is 2. The van der Waals surface area contributed by atoms with E-state index in [0.717, 1.165) is 11.1 Å². The third-order valence-corrected chi connectivity index (χ3v) is 3.74. The molecule has 1 amide bonds. The molecule has 1 aromatic carbocycles. The molecule has 0 radical (unpaired) electrons. The fourth-order valence-corrected chi connectivity index (χ4v) is 2.43. The van der Waals surface area contributed by atoms with Crippen molar-refractivity contribution in [3.8, 4) is 11.3 Å². The molecule has 1 aliphatic rings. The minimum atomic E-state index is -1.10. The lowest BCUT2D eigenvalue weighted by Gasteiger charge is -2.31. The number of benzene rings is 1. The summed E-state index contributed by atoms with van der Waals surface area (Å²) in [5.41, 5.74) is 2.48. The molecule has 1 fully saturated rings. The number of amides is 1. The number of carboxylic acid groups (broad SMARTS) is 1. The summed E-state index contributed by atoms with van der Waals surface area (Å²) in [6.07, 6.45) is 0. The first kappa shape index (κ1) is 15.2. The maximum atomic E-state index is 12.5. The molecule has 1 atom stereocenters. The van der Waals surface area contributed by atoms with E-state index in [-0.39, 0.29) is 18.9 Å². The molecule has 2 heterocycles. The fraction of sp³-hybridized carbons (Fsp3) is 0.312. The quantitative estimate of drug-likeness (QED) is 0.924. The number of aliphatic carboxylic acids is 1. The first-order chi connectivity index (χ1) is 11.1. The minimum Gasteiger partial charge on any atom is -0.480 e. The van der Waals surface area contributed by atoms with Gasteiger partial charge < -0.3 is 19.3 Å². The predicted octanol–water partition coefficient (Wildman–Crippen LogP) is 1.58. The molecule has 0 saturated carbocycles. The van der Waals surface area contributed by atoms with Crippen LogP contribution in [-0.2, 0) is 9.53 Å². The zero-order valence-electron chi connectivity index (χ0n) is 12.6. The molecule has 2 aromatic rings. The molecule has 0 spiro atoms. The summed E-state index contributed by atoms with van der Waals surface area (Å²) in [5, 5.41) is 13.1. The molecule has 1 aromatic heterocycles. The summed E-state index contributed by atoms with van der Waals surface area (Å²) in [4.78, 5) is 25.0. The van der Waals surface area contributed by atoms with Crippen molar-refractivity contribution in [2.24, 2.45) is 0 Å². The number of rotatable bonds is 3. The highest BCUT2D eigenvalue weighted by Crippen LogP contribution is 2.21. The van der Waals surface area contributed by atoms with Crippen molar-refractivity contribution >= 4 is 11.9 Å². The Labute approximate surface area is 132 Å². The first-order valence-corrected chi connectivity index (χ1v) is 7.21. The Hall–Kier alpha value is -2.67. The van der Waals surface area contributed by atoms with Crippen LogP contribution in [0.5, 0.6) is 0 Å². The average Bonchev–Trinajstić information content (AvgIpc) is 3.04. The van der Waals surface area contributed by atoms with Gasteiger partial charge in [0.05, 0.1) is 13.2 Å². The van der Waals surface area contributed by atoms with Gasteiger partial charge in [-0.05, 0) is 6.92 Å². The van der Waals surface area contributed by atoms with E-state index in [0.29, 0.717) is 12.3 Å². The van der Waals surface area contributed by atoms with E-state index >= 15 is 0 Å². The minimum absolute atomic E-state index is 0.0220. The van der Waals surface area contributed by atoms with Gasteiger partial charge in [0.2, 0.25) is 5.76 Å². The molecule has 1 unspecified atom stereocenters. The third kappa shape index (κ3) is 3.09. The van der Waals surface area contributed by atoms with Crippen molar-refractivity contribution < 1.29 is 24.0 Å².